The van der Waals surface area contributed by atoms with Crippen LogP contribution in [0.4, 0.5) is 5.69 Å². The van der Waals surface area contributed by atoms with Gasteiger partial charge in [-0.25, -0.2) is 9.78 Å². The van der Waals surface area contributed by atoms with Gasteiger partial charge in [-0.15, -0.1) is 0 Å². The Labute approximate surface area is 74.5 Å². The van der Waals surface area contributed by atoms with E-state index in [1.807, 2.05) is 23.7 Å². The summed E-state index contributed by atoms with van der Waals surface area (Å²) in [6.07, 6.45) is 4.98. The lowest BCUT2D eigenvalue weighted by atomic mass is 10.3. The number of aryl methyl sites for hydroxylation is 1. The van der Waals surface area contributed by atoms with Crippen molar-refractivity contribution in [3.63, 3.8) is 0 Å². The first-order valence-electron chi connectivity index (χ1n) is 3.81. The van der Waals surface area contributed by atoms with Gasteiger partial charge < -0.3 is 4.57 Å². The Bertz CT molecular complexity index is 495. The van der Waals surface area contributed by atoms with E-state index < -0.39 is 0 Å². The van der Waals surface area contributed by atoms with Gasteiger partial charge >= 0.3 is 0 Å². The van der Waals surface area contributed by atoms with Gasteiger partial charge in [-0.05, 0) is 12.1 Å². The van der Waals surface area contributed by atoms with Crippen LogP contribution in [0.3, 0.4) is 0 Å². The van der Waals surface area contributed by atoms with Crippen LogP contribution < -0.4 is 0 Å². The molecule has 4 heteroatoms. The van der Waals surface area contributed by atoms with E-state index in [0.29, 0.717) is 5.69 Å². The van der Waals surface area contributed by atoms with E-state index in [9.17, 15) is 4.79 Å². The van der Waals surface area contributed by atoms with Gasteiger partial charge in [0.2, 0.25) is 6.08 Å². The number of aromatic nitrogens is 2. The fourth-order valence-corrected chi connectivity index (χ4v) is 1.33. The van der Waals surface area contributed by atoms with Crippen LogP contribution in [-0.2, 0) is 11.8 Å². The summed E-state index contributed by atoms with van der Waals surface area (Å²) in [6.45, 7) is 0. The molecule has 2 heterocycles. The van der Waals surface area contributed by atoms with Gasteiger partial charge in [0, 0.05) is 24.8 Å². The van der Waals surface area contributed by atoms with E-state index in [2.05, 4.69) is 9.98 Å². The molecule has 0 saturated carbocycles. The monoisotopic (exact) mass is 173 g/mol. The molecule has 0 spiro atoms. The summed E-state index contributed by atoms with van der Waals surface area (Å²) in [5.41, 5.74) is 1.43. The standard InChI is InChI=1S/C9H7N3O/c1-12-5-8(11-6-13)7-3-2-4-10-9(7)12/h2-5H,1H3. The number of rotatable bonds is 1. The summed E-state index contributed by atoms with van der Waals surface area (Å²) in [5, 5.41) is 0.869. The molecule has 64 valence electrons. The molecule has 13 heavy (non-hydrogen) atoms. The molecule has 4 nitrogen and oxygen atoms in total. The second-order valence-corrected chi connectivity index (χ2v) is 2.70. The first-order chi connectivity index (χ1) is 6.33. The Hall–Kier alpha value is -1.93. The van der Waals surface area contributed by atoms with Gasteiger partial charge in [-0.3, -0.25) is 0 Å². The SMILES string of the molecule is Cn1cc(N=C=O)c2cccnc21. The maximum atomic E-state index is 10.1. The number of carbonyl (C=O) groups excluding carboxylic acids is 1. The summed E-state index contributed by atoms with van der Waals surface area (Å²) >= 11 is 0. The average Bonchev–Trinajstić information content (AvgIpc) is 2.46. The molecule has 0 aliphatic rings. The number of nitrogens with zero attached hydrogens (tertiary/aromatic N) is 3. The first-order valence-corrected chi connectivity index (χ1v) is 3.81. The van der Waals surface area contributed by atoms with Crippen LogP contribution in [0.25, 0.3) is 11.0 Å². The minimum Gasteiger partial charge on any atom is -0.333 e. The number of hydrogen-bond donors (Lipinski definition) is 0. The molecule has 0 bridgehead atoms. The number of aliphatic imine (C=N–C) groups is 1. The normalized spacial score (nSPS) is 9.92. The van der Waals surface area contributed by atoms with E-state index in [4.69, 9.17) is 0 Å². The molecule has 0 aliphatic heterocycles. The van der Waals surface area contributed by atoms with Crippen LogP contribution in [-0.4, -0.2) is 15.6 Å². The molecule has 0 unspecified atom stereocenters. The highest BCUT2D eigenvalue weighted by Crippen LogP contribution is 2.24. The van der Waals surface area contributed by atoms with Gasteiger partial charge in [0.25, 0.3) is 0 Å². The summed E-state index contributed by atoms with van der Waals surface area (Å²) < 4.78 is 1.82. The predicted octanol–water partition coefficient (Wildman–Crippen LogP) is 1.54. The molecule has 0 fully saturated rings. The van der Waals surface area contributed by atoms with Crippen molar-refractivity contribution in [2.45, 2.75) is 0 Å². The second kappa shape index (κ2) is 2.84. The Morgan fingerprint density at radius 1 is 1.62 bits per heavy atom. The van der Waals surface area contributed by atoms with Crippen LogP contribution >= 0.6 is 0 Å². The number of isocyanates is 1. The minimum absolute atomic E-state index is 0.612. The molecule has 2 aromatic rings. The molecule has 2 rings (SSSR count). The lowest BCUT2D eigenvalue weighted by Crippen LogP contribution is -1.85. The zero-order valence-electron chi connectivity index (χ0n) is 7.06. The van der Waals surface area contributed by atoms with Crippen LogP contribution in [0, 0.1) is 0 Å². The molecule has 0 radical (unpaired) electrons. The zero-order valence-corrected chi connectivity index (χ0v) is 7.06. The highest BCUT2D eigenvalue weighted by Gasteiger charge is 2.04. The van der Waals surface area contributed by atoms with Gasteiger partial charge in [0.1, 0.15) is 11.3 Å². The predicted molar refractivity (Wildman–Crippen MR) is 48.5 cm³/mol. The third kappa shape index (κ3) is 1.13. The Morgan fingerprint density at radius 2 is 2.46 bits per heavy atom. The summed E-state index contributed by atoms with van der Waals surface area (Å²) in [4.78, 5) is 17.9. The topological polar surface area (TPSA) is 47.2 Å². The maximum absolute atomic E-state index is 10.1. The molecule has 2 aromatic heterocycles. The molecule has 0 amide bonds. The molecule has 0 N–H and O–H groups in total. The summed E-state index contributed by atoms with van der Waals surface area (Å²) in [7, 11) is 1.86. The maximum Gasteiger partial charge on any atom is 0.240 e. The van der Waals surface area contributed by atoms with Crippen LogP contribution in [0.15, 0.2) is 29.5 Å². The highest BCUT2D eigenvalue weighted by molar-refractivity contribution is 5.89. The van der Waals surface area contributed by atoms with E-state index in [-0.39, 0.29) is 0 Å². The third-order valence-corrected chi connectivity index (χ3v) is 1.88. The molecular weight excluding hydrogens is 166 g/mol. The largest absolute Gasteiger partial charge is 0.333 e. The van der Waals surface area contributed by atoms with Crippen molar-refractivity contribution in [2.24, 2.45) is 12.0 Å². The van der Waals surface area contributed by atoms with Crippen LogP contribution in [0.2, 0.25) is 0 Å². The van der Waals surface area contributed by atoms with Crippen LogP contribution in [0.5, 0.6) is 0 Å². The lowest BCUT2D eigenvalue weighted by molar-refractivity contribution is 0.565. The fraction of sp³-hybridized carbons (Fsp3) is 0.111. The van der Waals surface area contributed by atoms with Gasteiger partial charge in [-0.2, -0.15) is 4.99 Å². The van der Waals surface area contributed by atoms with E-state index in [0.717, 1.165) is 11.0 Å². The van der Waals surface area contributed by atoms with Crippen LogP contribution in [0.1, 0.15) is 0 Å². The smallest absolute Gasteiger partial charge is 0.240 e. The first kappa shape index (κ1) is 7.71. The molecule has 0 aliphatic carbocycles. The molecular formula is C9H7N3O. The van der Waals surface area contributed by atoms with Crippen molar-refractivity contribution >= 4 is 22.8 Å². The fourth-order valence-electron chi connectivity index (χ4n) is 1.33. The number of fused-ring (bicyclic) bond motifs is 1. The highest BCUT2D eigenvalue weighted by atomic mass is 16.1. The zero-order chi connectivity index (χ0) is 9.26. The van der Waals surface area contributed by atoms with Gasteiger partial charge in [0.15, 0.2) is 0 Å². The van der Waals surface area contributed by atoms with Crippen molar-refractivity contribution in [1.82, 2.24) is 9.55 Å². The molecule has 0 aromatic carbocycles. The minimum atomic E-state index is 0.612. The molecule has 0 saturated heterocycles. The Morgan fingerprint density at radius 3 is 3.23 bits per heavy atom. The Balaban J connectivity index is 2.85. The third-order valence-electron chi connectivity index (χ3n) is 1.88. The van der Waals surface area contributed by atoms with Crippen molar-refractivity contribution in [2.75, 3.05) is 0 Å². The van der Waals surface area contributed by atoms with Gasteiger partial charge in [0.05, 0.1) is 0 Å². The number of pyridine rings is 1. The quantitative estimate of drug-likeness (QED) is 0.485. The van der Waals surface area contributed by atoms with Gasteiger partial charge in [-0.1, -0.05) is 0 Å². The Kier molecular flexibility index (Phi) is 1.69. The lowest BCUT2D eigenvalue weighted by Gasteiger charge is -1.91. The second-order valence-electron chi connectivity index (χ2n) is 2.70. The van der Waals surface area contributed by atoms with Crippen molar-refractivity contribution in [1.29, 1.82) is 0 Å². The summed E-state index contributed by atoms with van der Waals surface area (Å²) in [5.74, 6) is 0. The molecule has 0 atom stereocenters. The van der Waals surface area contributed by atoms with E-state index in [1.54, 1.807) is 12.4 Å². The van der Waals surface area contributed by atoms with E-state index in [1.165, 1.54) is 6.08 Å². The van der Waals surface area contributed by atoms with Crippen molar-refractivity contribution in [3.8, 4) is 0 Å². The van der Waals surface area contributed by atoms with Crippen molar-refractivity contribution in [3.05, 3.63) is 24.5 Å². The number of hydrogen-bond acceptors (Lipinski definition) is 3. The average molecular weight is 173 g/mol. The summed E-state index contributed by atoms with van der Waals surface area (Å²) in [6, 6.07) is 3.69. The van der Waals surface area contributed by atoms with Crippen molar-refractivity contribution < 1.29 is 4.79 Å². The van der Waals surface area contributed by atoms with E-state index >= 15 is 0 Å².